The number of rotatable bonds is 5. The van der Waals surface area contributed by atoms with Crippen molar-refractivity contribution < 1.29 is 0 Å². The Bertz CT molecular complexity index is 2210. The van der Waals surface area contributed by atoms with Crippen molar-refractivity contribution in [2.75, 3.05) is 4.90 Å². The van der Waals surface area contributed by atoms with E-state index >= 15 is 0 Å². The number of hydrogen-bond acceptors (Lipinski definition) is 3. The standard InChI is InChI=1S/C45H33NS2/c1-45(2)39-27-36(25-26-37(39)38-28-43-44(29-40(38)45)48-42-16-10-9-15-41(42)47-43)46(34-21-17-32(18-22-34)30-11-5-3-6-12-30)35-23-19-33(20-24-35)31-13-7-4-8-14-31/h3-29H,1-2H3. The monoisotopic (exact) mass is 651 g/mol. The highest BCUT2D eigenvalue weighted by Gasteiger charge is 2.37. The Morgan fingerprint density at radius 2 is 0.812 bits per heavy atom. The Morgan fingerprint density at radius 3 is 1.35 bits per heavy atom. The molecular weight excluding hydrogens is 619 g/mol. The molecule has 1 heterocycles. The van der Waals surface area contributed by atoms with Crippen molar-refractivity contribution in [1.82, 2.24) is 0 Å². The van der Waals surface area contributed by atoms with Crippen LogP contribution >= 0.6 is 23.5 Å². The summed E-state index contributed by atoms with van der Waals surface area (Å²) in [6.07, 6.45) is 0. The molecule has 1 nitrogen and oxygen atoms in total. The molecule has 0 saturated carbocycles. The first-order valence-electron chi connectivity index (χ1n) is 16.4. The Balaban J connectivity index is 1.14. The second kappa shape index (κ2) is 11.6. The van der Waals surface area contributed by atoms with Crippen LogP contribution in [0.2, 0.25) is 0 Å². The van der Waals surface area contributed by atoms with Crippen LogP contribution < -0.4 is 4.90 Å². The fourth-order valence-electron chi connectivity index (χ4n) is 7.20. The Morgan fingerprint density at radius 1 is 0.375 bits per heavy atom. The summed E-state index contributed by atoms with van der Waals surface area (Å²) in [7, 11) is 0. The van der Waals surface area contributed by atoms with Crippen molar-refractivity contribution in [2.45, 2.75) is 38.8 Å². The van der Waals surface area contributed by atoms with E-state index in [9.17, 15) is 0 Å². The van der Waals surface area contributed by atoms with Gasteiger partial charge in [0.25, 0.3) is 0 Å². The van der Waals surface area contributed by atoms with E-state index in [2.05, 4.69) is 183 Å². The maximum absolute atomic E-state index is 2.46. The van der Waals surface area contributed by atoms with Gasteiger partial charge in [0.15, 0.2) is 0 Å². The molecule has 0 amide bonds. The molecule has 230 valence electrons. The Labute approximate surface area is 291 Å². The van der Waals surface area contributed by atoms with Crippen molar-refractivity contribution in [2.24, 2.45) is 0 Å². The molecule has 0 aromatic heterocycles. The molecule has 2 aliphatic rings. The summed E-state index contributed by atoms with van der Waals surface area (Å²) in [4.78, 5) is 7.80. The molecule has 1 aliphatic heterocycles. The maximum Gasteiger partial charge on any atom is 0.0465 e. The van der Waals surface area contributed by atoms with E-state index in [0.717, 1.165) is 17.1 Å². The van der Waals surface area contributed by atoms with Crippen LogP contribution in [0.3, 0.4) is 0 Å². The highest BCUT2D eigenvalue weighted by molar-refractivity contribution is 8.05. The lowest BCUT2D eigenvalue weighted by Gasteiger charge is -2.28. The normalized spacial score (nSPS) is 13.6. The van der Waals surface area contributed by atoms with Crippen LogP contribution in [-0.4, -0.2) is 0 Å². The van der Waals surface area contributed by atoms with Gasteiger partial charge >= 0.3 is 0 Å². The van der Waals surface area contributed by atoms with Crippen LogP contribution in [-0.2, 0) is 5.41 Å². The summed E-state index contributed by atoms with van der Waals surface area (Å²) >= 11 is 3.80. The third-order valence-electron chi connectivity index (χ3n) is 9.74. The molecule has 7 aromatic rings. The highest BCUT2D eigenvalue weighted by Crippen LogP contribution is 2.56. The zero-order valence-electron chi connectivity index (χ0n) is 26.9. The van der Waals surface area contributed by atoms with Gasteiger partial charge in [0.1, 0.15) is 0 Å². The number of hydrogen-bond donors (Lipinski definition) is 0. The lowest BCUT2D eigenvalue weighted by Crippen LogP contribution is -2.17. The van der Waals surface area contributed by atoms with Gasteiger partial charge in [0.05, 0.1) is 0 Å². The van der Waals surface area contributed by atoms with Gasteiger partial charge in [-0.15, -0.1) is 0 Å². The molecule has 3 heteroatoms. The Hall–Kier alpha value is -4.96. The van der Waals surface area contributed by atoms with Crippen LogP contribution in [0, 0.1) is 0 Å². The maximum atomic E-state index is 2.46. The average molecular weight is 652 g/mol. The predicted molar refractivity (Wildman–Crippen MR) is 204 cm³/mol. The van der Waals surface area contributed by atoms with Crippen LogP contribution in [0.1, 0.15) is 25.0 Å². The molecule has 0 atom stereocenters. The lowest BCUT2D eigenvalue weighted by molar-refractivity contribution is 0.657. The molecule has 1 aliphatic carbocycles. The Kier molecular flexibility index (Phi) is 7.07. The minimum absolute atomic E-state index is 0.127. The van der Waals surface area contributed by atoms with Gasteiger partial charge in [-0.05, 0) is 105 Å². The van der Waals surface area contributed by atoms with Crippen molar-refractivity contribution in [3.05, 3.63) is 175 Å². The van der Waals surface area contributed by atoms with E-state index in [4.69, 9.17) is 0 Å². The van der Waals surface area contributed by atoms with Crippen molar-refractivity contribution in [3.63, 3.8) is 0 Å². The smallest absolute Gasteiger partial charge is 0.0465 e. The van der Waals surface area contributed by atoms with Crippen LogP contribution in [0.15, 0.2) is 183 Å². The highest BCUT2D eigenvalue weighted by atomic mass is 32.2. The van der Waals surface area contributed by atoms with Crippen LogP contribution in [0.5, 0.6) is 0 Å². The first kappa shape index (κ1) is 29.2. The molecular formula is C45H33NS2. The summed E-state index contributed by atoms with van der Waals surface area (Å²) in [5.74, 6) is 0. The quantitative estimate of drug-likeness (QED) is 0.182. The molecule has 9 rings (SSSR count). The van der Waals surface area contributed by atoms with Crippen molar-refractivity contribution in [3.8, 4) is 33.4 Å². The zero-order valence-corrected chi connectivity index (χ0v) is 28.5. The van der Waals surface area contributed by atoms with Crippen LogP contribution in [0.25, 0.3) is 33.4 Å². The third-order valence-corrected chi connectivity index (χ3v) is 12.3. The molecule has 0 unspecified atom stereocenters. The molecule has 7 aromatic carbocycles. The molecule has 0 radical (unpaired) electrons. The van der Waals surface area contributed by atoms with E-state index < -0.39 is 0 Å². The first-order chi connectivity index (χ1) is 23.5. The summed E-state index contributed by atoms with van der Waals surface area (Å²) in [5.41, 5.74) is 13.7. The van der Waals surface area contributed by atoms with E-state index in [0.29, 0.717) is 0 Å². The van der Waals surface area contributed by atoms with Gasteiger partial charge in [-0.25, -0.2) is 0 Å². The van der Waals surface area contributed by atoms with Gasteiger partial charge in [-0.1, -0.05) is 140 Å². The molecule has 0 fully saturated rings. The van der Waals surface area contributed by atoms with Crippen molar-refractivity contribution in [1.29, 1.82) is 0 Å². The van der Waals surface area contributed by atoms with E-state index in [1.54, 1.807) is 0 Å². The second-order valence-corrected chi connectivity index (χ2v) is 15.2. The summed E-state index contributed by atoms with van der Waals surface area (Å²) in [5, 5.41) is 0. The number of nitrogens with zero attached hydrogens (tertiary/aromatic N) is 1. The number of benzene rings is 7. The van der Waals surface area contributed by atoms with Crippen LogP contribution in [0.4, 0.5) is 17.1 Å². The van der Waals surface area contributed by atoms with Crippen molar-refractivity contribution >= 4 is 40.6 Å². The first-order valence-corrected chi connectivity index (χ1v) is 18.1. The zero-order chi connectivity index (χ0) is 32.2. The molecule has 0 bridgehead atoms. The van der Waals surface area contributed by atoms with Gasteiger partial charge in [0.2, 0.25) is 0 Å². The number of fused-ring (bicyclic) bond motifs is 5. The predicted octanol–water partition coefficient (Wildman–Crippen LogP) is 13.4. The third kappa shape index (κ3) is 4.97. The minimum Gasteiger partial charge on any atom is -0.310 e. The average Bonchev–Trinajstić information content (AvgIpc) is 3.36. The number of anilines is 3. The largest absolute Gasteiger partial charge is 0.310 e. The van der Waals surface area contributed by atoms with Gasteiger partial charge in [-0.3, -0.25) is 0 Å². The summed E-state index contributed by atoms with van der Waals surface area (Å²) < 4.78 is 0. The minimum atomic E-state index is -0.127. The molecule has 0 N–H and O–H groups in total. The molecule has 0 saturated heterocycles. The van der Waals surface area contributed by atoms with Gasteiger partial charge < -0.3 is 4.90 Å². The van der Waals surface area contributed by atoms with Gasteiger partial charge in [0, 0.05) is 42.1 Å². The van der Waals surface area contributed by atoms with E-state index in [-0.39, 0.29) is 5.41 Å². The van der Waals surface area contributed by atoms with E-state index in [1.807, 2.05) is 23.5 Å². The fourth-order valence-corrected chi connectivity index (χ4v) is 9.47. The fraction of sp³-hybridized carbons (Fsp3) is 0.0667. The summed E-state index contributed by atoms with van der Waals surface area (Å²) in [6, 6.07) is 59.9. The topological polar surface area (TPSA) is 3.24 Å². The van der Waals surface area contributed by atoms with E-state index in [1.165, 1.54) is 64.1 Å². The SMILES string of the molecule is CC1(C)c2cc(N(c3ccc(-c4ccccc4)cc3)c3ccc(-c4ccccc4)cc3)ccc2-c2cc3c(cc21)Sc1ccccc1S3. The lowest BCUT2D eigenvalue weighted by atomic mass is 9.82. The molecule has 48 heavy (non-hydrogen) atoms. The second-order valence-electron chi connectivity index (χ2n) is 13.0. The van der Waals surface area contributed by atoms with Gasteiger partial charge in [-0.2, -0.15) is 0 Å². The summed E-state index contributed by atoms with van der Waals surface area (Å²) in [6.45, 7) is 4.77. The molecule has 0 spiro atoms.